The van der Waals surface area contributed by atoms with Crippen molar-refractivity contribution in [3.63, 3.8) is 0 Å². The predicted octanol–water partition coefficient (Wildman–Crippen LogP) is 5.07. The van der Waals surface area contributed by atoms with E-state index in [1.807, 2.05) is 12.1 Å². The van der Waals surface area contributed by atoms with Crippen molar-refractivity contribution in [1.29, 1.82) is 0 Å². The van der Waals surface area contributed by atoms with Gasteiger partial charge in [0.2, 0.25) is 0 Å². The molecule has 0 unspecified atom stereocenters. The highest BCUT2D eigenvalue weighted by Gasteiger charge is 2.20. The molecule has 0 spiro atoms. The minimum atomic E-state index is -0.611. The molecule has 3 aromatic carbocycles. The first-order valence-electron chi connectivity index (χ1n) is 10.5. The van der Waals surface area contributed by atoms with Gasteiger partial charge in [-0.25, -0.2) is 4.79 Å². The summed E-state index contributed by atoms with van der Waals surface area (Å²) in [6.07, 6.45) is -0.567. The summed E-state index contributed by atoms with van der Waals surface area (Å²) in [5.74, 6) is -0.554. The minimum absolute atomic E-state index is 0.0275. The van der Waals surface area contributed by atoms with Crippen molar-refractivity contribution in [3.05, 3.63) is 96.1 Å². The molecular formula is C26H27N3O4. The summed E-state index contributed by atoms with van der Waals surface area (Å²) in [4.78, 5) is 39.2. The number of amides is 3. The summed E-state index contributed by atoms with van der Waals surface area (Å²) < 4.78 is 5.26. The molecule has 0 heterocycles. The van der Waals surface area contributed by atoms with Gasteiger partial charge in [0.25, 0.3) is 11.8 Å². The normalized spacial score (nSPS) is 10.8. The number of nitrogens with one attached hydrogen (secondary N) is 2. The molecule has 2 N–H and O–H groups in total. The lowest BCUT2D eigenvalue weighted by atomic mass is 10.1. The van der Waals surface area contributed by atoms with E-state index in [9.17, 15) is 14.4 Å². The van der Waals surface area contributed by atoms with Crippen molar-refractivity contribution in [2.75, 3.05) is 16.9 Å². The van der Waals surface area contributed by atoms with E-state index in [0.29, 0.717) is 22.5 Å². The third kappa shape index (κ3) is 6.93. The molecule has 33 heavy (non-hydrogen) atoms. The van der Waals surface area contributed by atoms with Crippen LogP contribution in [0, 0.1) is 0 Å². The lowest BCUT2D eigenvalue weighted by molar-refractivity contribution is 0.0635. The largest absolute Gasteiger partial charge is 0.444 e. The van der Waals surface area contributed by atoms with Gasteiger partial charge in [-0.15, -0.1) is 0 Å². The zero-order chi connectivity index (χ0) is 23.8. The summed E-state index contributed by atoms with van der Waals surface area (Å²) in [6, 6.07) is 24.3. The van der Waals surface area contributed by atoms with Crippen LogP contribution >= 0.6 is 0 Å². The standard InChI is InChI=1S/C26H27N3O4/c1-26(2,3)33-25(32)28-21-14-16-22(17-15-21)29(24(31)20-12-8-5-9-13-20)18-27-23(30)19-10-6-4-7-11-19/h4-17H,18H2,1-3H3,(H,27,30)(H,28,32). The van der Waals surface area contributed by atoms with Gasteiger partial charge in [-0.3, -0.25) is 19.8 Å². The Morgan fingerprint density at radius 3 is 1.88 bits per heavy atom. The smallest absolute Gasteiger partial charge is 0.412 e. The maximum absolute atomic E-state index is 13.2. The molecule has 3 amide bonds. The molecule has 0 saturated heterocycles. The van der Waals surface area contributed by atoms with E-state index in [-0.39, 0.29) is 18.5 Å². The van der Waals surface area contributed by atoms with Crippen molar-refractivity contribution in [2.45, 2.75) is 26.4 Å². The Balaban J connectivity index is 1.77. The maximum atomic E-state index is 13.2. The van der Waals surface area contributed by atoms with E-state index >= 15 is 0 Å². The van der Waals surface area contributed by atoms with E-state index in [1.165, 1.54) is 4.90 Å². The summed E-state index contributed by atoms with van der Waals surface area (Å²) >= 11 is 0. The number of carbonyl (C=O) groups excluding carboxylic acids is 3. The average Bonchev–Trinajstić information content (AvgIpc) is 2.80. The molecule has 0 saturated carbocycles. The summed E-state index contributed by atoms with van der Waals surface area (Å²) in [5.41, 5.74) is 1.46. The molecule has 0 aromatic heterocycles. The van der Waals surface area contributed by atoms with Crippen LogP contribution < -0.4 is 15.5 Å². The van der Waals surface area contributed by atoms with Gasteiger partial charge in [-0.2, -0.15) is 0 Å². The van der Waals surface area contributed by atoms with Crippen molar-refractivity contribution in [2.24, 2.45) is 0 Å². The number of hydrogen-bond donors (Lipinski definition) is 2. The second kappa shape index (κ2) is 10.5. The Bertz CT molecular complexity index is 1090. The van der Waals surface area contributed by atoms with Crippen LogP contribution in [0.15, 0.2) is 84.9 Å². The molecular weight excluding hydrogens is 418 g/mol. The first-order valence-corrected chi connectivity index (χ1v) is 10.5. The van der Waals surface area contributed by atoms with Gasteiger partial charge in [-0.1, -0.05) is 36.4 Å². The predicted molar refractivity (Wildman–Crippen MR) is 128 cm³/mol. The lowest BCUT2D eigenvalue weighted by Crippen LogP contribution is -2.41. The fraction of sp³-hybridized carbons (Fsp3) is 0.192. The first kappa shape index (κ1) is 23.5. The van der Waals surface area contributed by atoms with E-state index < -0.39 is 11.7 Å². The van der Waals surface area contributed by atoms with Crippen LogP contribution in [-0.2, 0) is 4.74 Å². The topological polar surface area (TPSA) is 87.7 Å². The SMILES string of the molecule is CC(C)(C)OC(=O)Nc1ccc(N(CNC(=O)c2ccccc2)C(=O)c2ccccc2)cc1. The van der Waals surface area contributed by atoms with Crippen LogP contribution in [0.4, 0.5) is 16.2 Å². The number of benzene rings is 3. The number of nitrogens with zero attached hydrogens (tertiary/aromatic N) is 1. The van der Waals surface area contributed by atoms with Crippen molar-refractivity contribution in [1.82, 2.24) is 5.32 Å². The van der Waals surface area contributed by atoms with Crippen LogP contribution in [0.2, 0.25) is 0 Å². The van der Waals surface area contributed by atoms with Gasteiger partial charge in [0.1, 0.15) is 5.60 Å². The van der Waals surface area contributed by atoms with Gasteiger partial charge >= 0.3 is 6.09 Å². The third-order valence-corrected chi connectivity index (χ3v) is 4.52. The van der Waals surface area contributed by atoms with Crippen LogP contribution in [0.25, 0.3) is 0 Å². The fourth-order valence-electron chi connectivity index (χ4n) is 3.01. The van der Waals surface area contributed by atoms with Gasteiger partial charge in [0.05, 0.1) is 6.67 Å². The zero-order valence-electron chi connectivity index (χ0n) is 18.9. The van der Waals surface area contributed by atoms with E-state index in [4.69, 9.17) is 4.74 Å². The molecule has 170 valence electrons. The Morgan fingerprint density at radius 2 is 1.33 bits per heavy atom. The highest BCUT2D eigenvalue weighted by Crippen LogP contribution is 2.21. The molecule has 3 rings (SSSR count). The highest BCUT2D eigenvalue weighted by atomic mass is 16.6. The Labute approximate surface area is 193 Å². The van der Waals surface area contributed by atoms with Gasteiger partial charge < -0.3 is 10.1 Å². The molecule has 0 aliphatic heterocycles. The summed E-state index contributed by atoms with van der Waals surface area (Å²) in [7, 11) is 0. The number of rotatable bonds is 6. The van der Waals surface area contributed by atoms with Crippen LogP contribution in [-0.4, -0.2) is 30.2 Å². The minimum Gasteiger partial charge on any atom is -0.444 e. The summed E-state index contributed by atoms with van der Waals surface area (Å²) in [5, 5.41) is 5.46. The molecule has 3 aromatic rings. The Morgan fingerprint density at radius 1 is 0.788 bits per heavy atom. The number of carbonyl (C=O) groups is 3. The molecule has 7 nitrogen and oxygen atoms in total. The molecule has 0 fully saturated rings. The second-order valence-corrected chi connectivity index (χ2v) is 8.30. The van der Waals surface area contributed by atoms with Crippen LogP contribution in [0.5, 0.6) is 0 Å². The van der Waals surface area contributed by atoms with Gasteiger partial charge in [-0.05, 0) is 69.3 Å². The average molecular weight is 446 g/mol. The van der Waals surface area contributed by atoms with Crippen molar-refractivity contribution < 1.29 is 19.1 Å². The molecule has 0 radical (unpaired) electrons. The second-order valence-electron chi connectivity index (χ2n) is 8.30. The first-order chi connectivity index (χ1) is 15.7. The molecule has 0 aliphatic rings. The van der Waals surface area contributed by atoms with Crippen molar-refractivity contribution >= 4 is 29.3 Å². The molecule has 0 aliphatic carbocycles. The Hall–Kier alpha value is -4.13. The third-order valence-electron chi connectivity index (χ3n) is 4.52. The number of hydrogen-bond acceptors (Lipinski definition) is 4. The van der Waals surface area contributed by atoms with E-state index in [0.717, 1.165) is 0 Å². The molecule has 0 bridgehead atoms. The van der Waals surface area contributed by atoms with Crippen molar-refractivity contribution in [3.8, 4) is 0 Å². The monoisotopic (exact) mass is 445 g/mol. The number of anilines is 2. The quantitative estimate of drug-likeness (QED) is 0.519. The highest BCUT2D eigenvalue weighted by molar-refractivity contribution is 6.06. The zero-order valence-corrected chi connectivity index (χ0v) is 18.9. The summed E-state index contributed by atoms with van der Waals surface area (Å²) in [6.45, 7) is 5.33. The van der Waals surface area contributed by atoms with Gasteiger partial charge in [0.15, 0.2) is 0 Å². The molecule has 7 heteroatoms. The van der Waals surface area contributed by atoms with Gasteiger partial charge in [0, 0.05) is 22.5 Å². The maximum Gasteiger partial charge on any atom is 0.412 e. The lowest BCUT2D eigenvalue weighted by Gasteiger charge is -2.24. The number of ether oxygens (including phenoxy) is 1. The molecule has 0 atom stereocenters. The Kier molecular flexibility index (Phi) is 7.46. The fourth-order valence-corrected chi connectivity index (χ4v) is 3.01. The van der Waals surface area contributed by atoms with Crippen LogP contribution in [0.3, 0.4) is 0 Å². The van der Waals surface area contributed by atoms with Crippen LogP contribution in [0.1, 0.15) is 41.5 Å². The van der Waals surface area contributed by atoms with E-state index in [1.54, 1.807) is 93.6 Å². The van der Waals surface area contributed by atoms with E-state index in [2.05, 4.69) is 10.6 Å².